The minimum absolute atomic E-state index is 0.194. The van der Waals surface area contributed by atoms with Gasteiger partial charge in [-0.05, 0) is 43.2 Å². The van der Waals surface area contributed by atoms with Gasteiger partial charge in [0.05, 0.1) is 6.54 Å². The zero-order chi connectivity index (χ0) is 20.0. The van der Waals surface area contributed by atoms with E-state index in [1.165, 1.54) is 25.4 Å². The van der Waals surface area contributed by atoms with Gasteiger partial charge in [-0.25, -0.2) is 4.79 Å². The molecule has 0 spiro atoms. The largest absolute Gasteiger partial charge is 0.452 e. The van der Waals surface area contributed by atoms with Gasteiger partial charge in [-0.2, -0.15) is 0 Å². The van der Waals surface area contributed by atoms with Crippen molar-refractivity contribution < 1.29 is 19.1 Å². The predicted octanol–water partition coefficient (Wildman–Crippen LogP) is 1.25. The van der Waals surface area contributed by atoms with E-state index in [2.05, 4.69) is 10.3 Å². The molecule has 27 heavy (non-hydrogen) atoms. The first-order chi connectivity index (χ1) is 12.8. The Balaban J connectivity index is 1.87. The number of hydrogen-bond donors (Lipinski definition) is 2. The highest BCUT2D eigenvalue weighted by Crippen LogP contribution is 2.16. The van der Waals surface area contributed by atoms with Crippen LogP contribution >= 0.6 is 0 Å². The van der Waals surface area contributed by atoms with Gasteiger partial charge in [-0.15, -0.1) is 0 Å². The van der Waals surface area contributed by atoms with Crippen molar-refractivity contribution in [3.63, 3.8) is 0 Å². The van der Waals surface area contributed by atoms with Crippen LogP contribution in [0.2, 0.25) is 0 Å². The molecule has 1 heterocycles. The highest BCUT2D eigenvalue weighted by molar-refractivity contribution is 5.96. The molecule has 1 aromatic heterocycles. The Morgan fingerprint density at radius 3 is 2.63 bits per heavy atom. The number of aromatic nitrogens is 1. The molecule has 2 N–H and O–H groups in total. The van der Waals surface area contributed by atoms with E-state index in [9.17, 15) is 19.2 Å². The second-order valence-corrected chi connectivity index (χ2v) is 6.11. The van der Waals surface area contributed by atoms with E-state index in [0.29, 0.717) is 5.69 Å². The van der Waals surface area contributed by atoms with Crippen LogP contribution in [-0.4, -0.2) is 47.9 Å². The summed E-state index contributed by atoms with van der Waals surface area (Å²) in [5, 5.41) is 2.75. The van der Waals surface area contributed by atoms with E-state index >= 15 is 0 Å². The van der Waals surface area contributed by atoms with Gasteiger partial charge in [-0.1, -0.05) is 12.1 Å². The molecule has 0 fully saturated rings. The molecule has 0 bridgehead atoms. The van der Waals surface area contributed by atoms with Gasteiger partial charge >= 0.3 is 5.97 Å². The first kappa shape index (κ1) is 19.9. The third-order valence-corrected chi connectivity index (χ3v) is 3.84. The topological polar surface area (TPSA) is 109 Å². The van der Waals surface area contributed by atoms with Gasteiger partial charge in [0, 0.05) is 18.9 Å². The molecule has 0 aliphatic carbocycles. The smallest absolute Gasteiger partial charge is 0.344 e. The van der Waals surface area contributed by atoms with Crippen LogP contribution in [0.15, 0.2) is 41.3 Å². The molecule has 0 radical (unpaired) electrons. The number of amides is 2. The normalized spacial score (nSPS) is 10.2. The average molecular weight is 371 g/mol. The summed E-state index contributed by atoms with van der Waals surface area (Å²) in [6.07, 6.45) is 1.38. The lowest BCUT2D eigenvalue weighted by molar-refractivity contribution is -0.136. The molecular formula is C19H21N3O5. The second-order valence-electron chi connectivity index (χ2n) is 6.11. The number of hydrogen-bond acceptors (Lipinski definition) is 5. The van der Waals surface area contributed by atoms with Crippen molar-refractivity contribution in [3.8, 4) is 0 Å². The molecule has 2 aromatic rings. The lowest BCUT2D eigenvalue weighted by atomic mass is 10.1. The molecule has 2 rings (SSSR count). The van der Waals surface area contributed by atoms with Gasteiger partial charge in [0.2, 0.25) is 5.91 Å². The lowest BCUT2D eigenvalue weighted by Crippen LogP contribution is -2.37. The van der Waals surface area contributed by atoms with Crippen LogP contribution in [0, 0.1) is 13.8 Å². The lowest BCUT2D eigenvalue weighted by Gasteiger charge is -2.17. The first-order valence-electron chi connectivity index (χ1n) is 8.24. The number of nitrogens with zero attached hydrogens (tertiary/aromatic N) is 1. The van der Waals surface area contributed by atoms with Crippen LogP contribution in [0.3, 0.4) is 0 Å². The van der Waals surface area contributed by atoms with E-state index in [1.54, 1.807) is 0 Å². The third-order valence-electron chi connectivity index (χ3n) is 3.84. The molecular weight excluding hydrogens is 350 g/mol. The summed E-state index contributed by atoms with van der Waals surface area (Å²) < 4.78 is 4.84. The zero-order valence-corrected chi connectivity index (χ0v) is 15.4. The Kier molecular flexibility index (Phi) is 6.48. The van der Waals surface area contributed by atoms with Crippen LogP contribution in [-0.2, 0) is 14.3 Å². The summed E-state index contributed by atoms with van der Waals surface area (Å²) in [6.45, 7) is 3.02. The van der Waals surface area contributed by atoms with Gasteiger partial charge in [0.1, 0.15) is 5.56 Å². The number of ether oxygens (including phenoxy) is 1. The number of aromatic amines is 1. The zero-order valence-electron chi connectivity index (χ0n) is 15.4. The van der Waals surface area contributed by atoms with Crippen molar-refractivity contribution in [1.29, 1.82) is 0 Å². The Labute approximate surface area is 156 Å². The molecule has 8 nitrogen and oxygen atoms in total. The Morgan fingerprint density at radius 1 is 1.19 bits per heavy atom. The standard InChI is InChI=1S/C19H21N3O5/c1-12-6-7-13(2)15(9-12)21-16(23)10-22(3)17(24)11-27-19(26)14-5-4-8-20-18(14)25/h4-9H,10-11H2,1-3H3,(H,20,25)(H,21,23). The van der Waals surface area contributed by atoms with Crippen LogP contribution < -0.4 is 10.9 Å². The van der Waals surface area contributed by atoms with Crippen molar-refractivity contribution in [3.05, 3.63) is 63.6 Å². The first-order valence-corrected chi connectivity index (χ1v) is 8.24. The highest BCUT2D eigenvalue weighted by Gasteiger charge is 2.17. The molecule has 0 unspecified atom stereocenters. The second kappa shape index (κ2) is 8.79. The molecule has 2 amide bonds. The molecule has 0 atom stereocenters. The van der Waals surface area contributed by atoms with E-state index in [0.717, 1.165) is 16.0 Å². The summed E-state index contributed by atoms with van der Waals surface area (Å²) >= 11 is 0. The maximum Gasteiger partial charge on any atom is 0.344 e. The summed E-state index contributed by atoms with van der Waals surface area (Å²) in [6, 6.07) is 8.45. The van der Waals surface area contributed by atoms with Crippen molar-refractivity contribution in [1.82, 2.24) is 9.88 Å². The maximum atomic E-state index is 12.1. The molecule has 0 aliphatic heterocycles. The number of anilines is 1. The molecule has 0 saturated carbocycles. The Bertz CT molecular complexity index is 920. The van der Waals surface area contributed by atoms with E-state index in [1.807, 2.05) is 32.0 Å². The summed E-state index contributed by atoms with van der Waals surface area (Å²) in [4.78, 5) is 51.0. The number of H-pyrrole nitrogens is 1. The predicted molar refractivity (Wildman–Crippen MR) is 99.5 cm³/mol. The molecule has 142 valence electrons. The van der Waals surface area contributed by atoms with E-state index in [4.69, 9.17) is 4.74 Å². The Hall–Kier alpha value is -3.42. The van der Waals surface area contributed by atoms with Crippen molar-refractivity contribution in [2.45, 2.75) is 13.8 Å². The molecule has 0 saturated heterocycles. The number of rotatable bonds is 6. The number of benzene rings is 1. The van der Waals surface area contributed by atoms with Crippen LogP contribution in [0.4, 0.5) is 5.69 Å². The van der Waals surface area contributed by atoms with Crippen LogP contribution in [0.5, 0.6) is 0 Å². The number of esters is 1. The molecule has 8 heteroatoms. The Morgan fingerprint density at radius 2 is 1.93 bits per heavy atom. The quantitative estimate of drug-likeness (QED) is 0.743. The fraction of sp³-hybridized carbons (Fsp3) is 0.263. The van der Waals surface area contributed by atoms with Gasteiger partial charge in [-0.3, -0.25) is 14.4 Å². The number of aryl methyl sites for hydroxylation is 2. The number of likely N-dealkylation sites (N-methyl/N-ethyl adjacent to an activating group) is 1. The molecule has 0 aliphatic rings. The van der Waals surface area contributed by atoms with Crippen molar-refractivity contribution in [2.24, 2.45) is 0 Å². The highest BCUT2D eigenvalue weighted by atomic mass is 16.5. The number of carbonyl (C=O) groups is 3. The average Bonchev–Trinajstić information content (AvgIpc) is 2.62. The van der Waals surface area contributed by atoms with Crippen LogP contribution in [0.25, 0.3) is 0 Å². The fourth-order valence-corrected chi connectivity index (χ4v) is 2.26. The number of carbonyl (C=O) groups excluding carboxylic acids is 3. The van der Waals surface area contributed by atoms with Crippen LogP contribution in [0.1, 0.15) is 21.5 Å². The van der Waals surface area contributed by atoms with Gasteiger partial charge in [0.15, 0.2) is 6.61 Å². The third kappa shape index (κ3) is 5.53. The molecule has 1 aromatic carbocycles. The summed E-state index contributed by atoms with van der Waals surface area (Å²) in [7, 11) is 1.42. The van der Waals surface area contributed by atoms with E-state index in [-0.39, 0.29) is 18.0 Å². The van der Waals surface area contributed by atoms with Gasteiger partial charge < -0.3 is 19.9 Å². The minimum atomic E-state index is -0.904. The van der Waals surface area contributed by atoms with Gasteiger partial charge in [0.25, 0.3) is 11.5 Å². The summed E-state index contributed by atoms with van der Waals surface area (Å²) in [5.41, 5.74) is 1.79. The maximum absolute atomic E-state index is 12.1. The fourth-order valence-electron chi connectivity index (χ4n) is 2.26. The SMILES string of the molecule is Cc1ccc(C)c(NC(=O)CN(C)C(=O)COC(=O)c2ccc[nH]c2=O)c1. The number of pyridine rings is 1. The number of nitrogens with one attached hydrogen (secondary N) is 2. The van der Waals surface area contributed by atoms with Crippen molar-refractivity contribution in [2.75, 3.05) is 25.5 Å². The summed E-state index contributed by atoms with van der Waals surface area (Å²) in [5.74, 6) is -1.84. The minimum Gasteiger partial charge on any atom is -0.452 e. The van der Waals surface area contributed by atoms with E-state index < -0.39 is 24.0 Å². The monoisotopic (exact) mass is 371 g/mol. The van der Waals surface area contributed by atoms with Crippen molar-refractivity contribution >= 4 is 23.5 Å².